The zero-order valence-corrected chi connectivity index (χ0v) is 16.8. The van der Waals surface area contributed by atoms with Gasteiger partial charge < -0.3 is 4.90 Å². The molecule has 0 spiro atoms. The summed E-state index contributed by atoms with van der Waals surface area (Å²) in [6.45, 7) is 10.7. The molecule has 0 aromatic heterocycles. The summed E-state index contributed by atoms with van der Waals surface area (Å²) >= 11 is 0. The predicted octanol–water partition coefficient (Wildman–Crippen LogP) is 5.85. The molecule has 1 aliphatic heterocycles. The average molecular weight is 350 g/mol. The Balaban J connectivity index is 1.85. The van der Waals surface area contributed by atoms with Crippen LogP contribution in [-0.4, -0.2) is 11.8 Å². The monoisotopic (exact) mass is 349 g/mol. The summed E-state index contributed by atoms with van der Waals surface area (Å²) in [7, 11) is 0. The maximum absolute atomic E-state index is 11.3. The van der Waals surface area contributed by atoms with E-state index in [4.69, 9.17) is 0 Å². The molecule has 0 N–H and O–H groups in total. The summed E-state index contributed by atoms with van der Waals surface area (Å²) in [4.78, 5) is 13.9. The highest BCUT2D eigenvalue weighted by Crippen LogP contribution is 2.40. The number of ketones is 1. The van der Waals surface area contributed by atoms with Crippen LogP contribution in [-0.2, 0) is 16.6 Å². The van der Waals surface area contributed by atoms with Gasteiger partial charge in [0, 0.05) is 18.2 Å². The Morgan fingerprint density at radius 1 is 1.00 bits per heavy atom. The highest BCUT2D eigenvalue weighted by Gasteiger charge is 2.32. The van der Waals surface area contributed by atoms with E-state index >= 15 is 0 Å². The lowest BCUT2D eigenvalue weighted by Crippen LogP contribution is -2.29. The zero-order chi connectivity index (χ0) is 18.9. The second-order valence-corrected chi connectivity index (χ2v) is 8.77. The van der Waals surface area contributed by atoms with Crippen LogP contribution in [0.5, 0.6) is 0 Å². The molecule has 1 fully saturated rings. The largest absolute Gasteiger partial charge is 0.362 e. The number of hydrogen-bond donors (Lipinski definition) is 0. The molecule has 2 atom stereocenters. The van der Waals surface area contributed by atoms with Gasteiger partial charge in [-0.15, -0.1) is 0 Å². The Morgan fingerprint density at radius 3 is 2.15 bits per heavy atom. The third-order valence-electron chi connectivity index (χ3n) is 5.52. The molecule has 2 nitrogen and oxygen atoms in total. The number of benzene rings is 2. The molecule has 0 aliphatic carbocycles. The Labute approximate surface area is 158 Å². The van der Waals surface area contributed by atoms with Crippen LogP contribution in [0.2, 0.25) is 0 Å². The number of hydrogen-bond acceptors (Lipinski definition) is 2. The topological polar surface area (TPSA) is 20.3 Å². The highest BCUT2D eigenvalue weighted by molar-refractivity contribution is 5.78. The van der Waals surface area contributed by atoms with Gasteiger partial charge in [-0.25, -0.2) is 0 Å². The van der Waals surface area contributed by atoms with Gasteiger partial charge in [0.25, 0.3) is 0 Å². The number of carbonyl (C=O) groups excluding carboxylic acids is 1. The van der Waals surface area contributed by atoms with E-state index < -0.39 is 0 Å². The fraction of sp³-hybridized carbons (Fsp3) is 0.458. The van der Waals surface area contributed by atoms with E-state index in [-0.39, 0.29) is 11.2 Å². The number of nitrogens with zero attached hydrogens (tertiary/aromatic N) is 1. The molecular formula is C24H31NO. The second kappa shape index (κ2) is 7.26. The van der Waals surface area contributed by atoms with Crippen molar-refractivity contribution in [2.24, 2.45) is 0 Å². The van der Waals surface area contributed by atoms with Gasteiger partial charge in [-0.1, -0.05) is 57.2 Å². The van der Waals surface area contributed by atoms with E-state index in [1.54, 1.807) is 6.92 Å². The van der Waals surface area contributed by atoms with Gasteiger partial charge in [-0.05, 0) is 60.9 Å². The first-order chi connectivity index (χ1) is 12.3. The van der Waals surface area contributed by atoms with Crippen LogP contribution in [0.15, 0.2) is 48.5 Å². The van der Waals surface area contributed by atoms with Gasteiger partial charge >= 0.3 is 0 Å². The van der Waals surface area contributed by atoms with E-state index in [2.05, 4.69) is 81.1 Å². The predicted molar refractivity (Wildman–Crippen MR) is 110 cm³/mol. The number of carbonyl (C=O) groups is 1. The minimum Gasteiger partial charge on any atom is -0.362 e. The molecule has 0 bridgehead atoms. The van der Waals surface area contributed by atoms with Crippen molar-refractivity contribution in [1.29, 1.82) is 0 Å². The first-order valence-electron chi connectivity index (χ1n) is 9.73. The standard InChI is InChI=1S/C24H31NO/c1-17-6-15-23(20-9-7-19(8-10-20)16-18(2)26)25(17)22-13-11-21(12-14-22)24(3,4)5/h7-14,17,23H,6,15-16H2,1-5H3/t17-,23+/m1/s1. The summed E-state index contributed by atoms with van der Waals surface area (Å²) < 4.78 is 0. The molecule has 26 heavy (non-hydrogen) atoms. The lowest BCUT2D eigenvalue weighted by Gasteiger charge is -2.32. The summed E-state index contributed by atoms with van der Waals surface area (Å²) in [6.07, 6.45) is 2.91. The molecule has 0 unspecified atom stereocenters. The van der Waals surface area contributed by atoms with Gasteiger partial charge in [0.15, 0.2) is 0 Å². The third kappa shape index (κ3) is 4.00. The maximum atomic E-state index is 11.3. The Hall–Kier alpha value is -2.09. The smallest absolute Gasteiger partial charge is 0.134 e. The van der Waals surface area contributed by atoms with Gasteiger partial charge in [0.1, 0.15) is 5.78 Å². The maximum Gasteiger partial charge on any atom is 0.134 e. The van der Waals surface area contributed by atoms with Crippen molar-refractivity contribution in [3.8, 4) is 0 Å². The molecule has 138 valence electrons. The van der Waals surface area contributed by atoms with Crippen molar-refractivity contribution in [2.45, 2.75) is 71.4 Å². The SMILES string of the molecule is CC(=O)Cc1ccc([C@@H]2CC[C@@H](C)N2c2ccc(C(C)(C)C)cc2)cc1. The van der Waals surface area contributed by atoms with Gasteiger partial charge in [-0.3, -0.25) is 4.79 Å². The first kappa shape index (κ1) is 18.7. The third-order valence-corrected chi connectivity index (χ3v) is 5.52. The van der Waals surface area contributed by atoms with Crippen molar-refractivity contribution >= 4 is 11.5 Å². The van der Waals surface area contributed by atoms with Crippen LogP contribution < -0.4 is 4.90 Å². The van der Waals surface area contributed by atoms with E-state index in [1.165, 1.54) is 29.7 Å². The van der Waals surface area contributed by atoms with E-state index in [9.17, 15) is 4.79 Å². The number of anilines is 1. The fourth-order valence-corrected chi connectivity index (χ4v) is 4.02. The Kier molecular flexibility index (Phi) is 5.22. The van der Waals surface area contributed by atoms with E-state index in [0.717, 1.165) is 5.56 Å². The van der Waals surface area contributed by atoms with Crippen molar-refractivity contribution in [1.82, 2.24) is 0 Å². The van der Waals surface area contributed by atoms with Crippen molar-refractivity contribution in [3.63, 3.8) is 0 Å². The van der Waals surface area contributed by atoms with Crippen LogP contribution in [0.1, 0.15) is 70.2 Å². The lowest BCUT2D eigenvalue weighted by molar-refractivity contribution is -0.116. The quantitative estimate of drug-likeness (QED) is 0.690. The summed E-state index contributed by atoms with van der Waals surface area (Å²) in [5.74, 6) is 0.216. The van der Waals surface area contributed by atoms with Crippen LogP contribution in [0.25, 0.3) is 0 Å². The van der Waals surface area contributed by atoms with Crippen LogP contribution >= 0.6 is 0 Å². The van der Waals surface area contributed by atoms with E-state index in [0.29, 0.717) is 18.5 Å². The molecule has 2 heteroatoms. The number of Topliss-reactive ketones (excluding diaryl/α,β-unsaturated/α-hetero) is 1. The molecule has 1 saturated heterocycles. The summed E-state index contributed by atoms with van der Waals surface area (Å²) in [6, 6.07) is 18.7. The highest BCUT2D eigenvalue weighted by atomic mass is 16.1. The molecule has 3 rings (SSSR count). The normalized spacial score (nSPS) is 20.4. The first-order valence-corrected chi connectivity index (χ1v) is 9.73. The molecule has 0 amide bonds. The van der Waals surface area contributed by atoms with Crippen LogP contribution in [0, 0.1) is 0 Å². The minimum atomic E-state index is 0.182. The number of rotatable bonds is 4. The van der Waals surface area contributed by atoms with Gasteiger partial charge in [0.05, 0.1) is 6.04 Å². The second-order valence-electron chi connectivity index (χ2n) is 8.77. The molecule has 2 aromatic carbocycles. The van der Waals surface area contributed by atoms with Crippen LogP contribution in [0.3, 0.4) is 0 Å². The molecule has 2 aromatic rings. The Bertz CT molecular complexity index is 752. The van der Waals surface area contributed by atoms with Gasteiger partial charge in [0.2, 0.25) is 0 Å². The average Bonchev–Trinajstić information content (AvgIpc) is 2.96. The van der Waals surface area contributed by atoms with Crippen LogP contribution in [0.4, 0.5) is 5.69 Å². The molecule has 1 heterocycles. The minimum absolute atomic E-state index is 0.182. The Morgan fingerprint density at radius 2 is 1.62 bits per heavy atom. The van der Waals surface area contributed by atoms with Crippen molar-refractivity contribution < 1.29 is 4.79 Å². The zero-order valence-electron chi connectivity index (χ0n) is 16.8. The lowest BCUT2D eigenvalue weighted by atomic mass is 9.87. The molecule has 0 saturated carbocycles. The van der Waals surface area contributed by atoms with E-state index in [1.807, 2.05) is 0 Å². The molecule has 1 aliphatic rings. The molecular weight excluding hydrogens is 318 g/mol. The fourth-order valence-electron chi connectivity index (χ4n) is 4.02. The van der Waals surface area contributed by atoms with Gasteiger partial charge in [-0.2, -0.15) is 0 Å². The van der Waals surface area contributed by atoms with Crippen molar-refractivity contribution in [2.75, 3.05) is 4.90 Å². The van der Waals surface area contributed by atoms with Crippen molar-refractivity contribution in [3.05, 3.63) is 65.2 Å². The summed E-state index contributed by atoms with van der Waals surface area (Å²) in [5, 5.41) is 0. The molecule has 0 radical (unpaired) electrons. The summed E-state index contributed by atoms with van der Waals surface area (Å²) in [5.41, 5.74) is 5.31.